The molecule has 0 saturated carbocycles. The van der Waals surface area contributed by atoms with Gasteiger partial charge >= 0.3 is 0 Å². The first-order chi connectivity index (χ1) is 7.81. The molecule has 84 valence electrons. The summed E-state index contributed by atoms with van der Waals surface area (Å²) < 4.78 is 7.05. The topological polar surface area (TPSA) is 39.1 Å². The van der Waals surface area contributed by atoms with Gasteiger partial charge in [0.15, 0.2) is 5.75 Å². The summed E-state index contributed by atoms with van der Waals surface area (Å²) in [5.74, 6) is 0.703. The summed E-state index contributed by atoms with van der Waals surface area (Å²) in [5.41, 5.74) is 0.837. The highest BCUT2D eigenvalue weighted by molar-refractivity contribution is 6.32. The summed E-state index contributed by atoms with van der Waals surface area (Å²) in [6, 6.07) is 7.52. The van der Waals surface area contributed by atoms with Gasteiger partial charge in [-0.2, -0.15) is 5.10 Å². The van der Waals surface area contributed by atoms with Gasteiger partial charge in [-0.1, -0.05) is 23.7 Å². The maximum absolute atomic E-state index is 6.06. The second-order valence-electron chi connectivity index (χ2n) is 3.21. The van der Waals surface area contributed by atoms with Crippen LogP contribution in [0.1, 0.15) is 0 Å². The molecule has 1 aromatic carbocycles. The van der Waals surface area contributed by atoms with Crippen molar-refractivity contribution >= 4 is 11.6 Å². The molecule has 0 aliphatic rings. The van der Waals surface area contributed by atoms with E-state index >= 15 is 0 Å². The highest BCUT2D eigenvalue weighted by Crippen LogP contribution is 2.20. The number of hydrogen-bond acceptors (Lipinski definition) is 3. The minimum atomic E-state index is 0.453. The number of nitrogens with one attached hydrogen (secondary N) is 1. The van der Waals surface area contributed by atoms with Gasteiger partial charge in [-0.3, -0.25) is 5.32 Å². The summed E-state index contributed by atoms with van der Waals surface area (Å²) in [6.45, 7) is 0.453. The van der Waals surface area contributed by atoms with Crippen molar-refractivity contribution in [2.24, 2.45) is 0 Å². The monoisotopic (exact) mass is 237 g/mol. The molecule has 0 aliphatic heterocycles. The predicted molar refractivity (Wildman–Crippen MR) is 63.1 cm³/mol. The molecule has 0 amide bonds. The van der Waals surface area contributed by atoms with E-state index in [9.17, 15) is 0 Å². The standard InChI is InChI=1S/C11H12ClN3O/c1-13-8-16-9-6-14-15(7-9)11-5-3-2-4-10(11)12/h2-7,13H,8H2,1H3. The molecule has 0 bridgehead atoms. The number of halogens is 1. The Balaban J connectivity index is 2.22. The Hall–Kier alpha value is -1.52. The van der Waals surface area contributed by atoms with Crippen LogP contribution >= 0.6 is 11.6 Å². The smallest absolute Gasteiger partial charge is 0.159 e. The fourth-order valence-corrected chi connectivity index (χ4v) is 1.53. The van der Waals surface area contributed by atoms with Crippen LogP contribution in [-0.2, 0) is 0 Å². The Labute approximate surface area is 98.8 Å². The molecule has 5 heteroatoms. The quantitative estimate of drug-likeness (QED) is 0.828. The van der Waals surface area contributed by atoms with E-state index in [0.29, 0.717) is 17.5 Å². The molecule has 2 rings (SSSR count). The third-order valence-corrected chi connectivity index (χ3v) is 2.36. The minimum Gasteiger partial charge on any atom is -0.475 e. The minimum absolute atomic E-state index is 0.453. The molecular formula is C11H12ClN3O. The van der Waals surface area contributed by atoms with Crippen LogP contribution in [0.3, 0.4) is 0 Å². The van der Waals surface area contributed by atoms with Crippen LogP contribution in [0.2, 0.25) is 5.02 Å². The summed E-state index contributed by atoms with van der Waals surface area (Å²) >= 11 is 6.06. The molecule has 0 fully saturated rings. The lowest BCUT2D eigenvalue weighted by Gasteiger charge is -2.03. The van der Waals surface area contributed by atoms with Crippen LogP contribution in [0, 0.1) is 0 Å². The molecule has 0 atom stereocenters. The van der Waals surface area contributed by atoms with Gasteiger partial charge in [0.2, 0.25) is 0 Å². The van der Waals surface area contributed by atoms with Gasteiger partial charge < -0.3 is 4.74 Å². The lowest BCUT2D eigenvalue weighted by atomic mass is 10.3. The number of benzene rings is 1. The first-order valence-corrected chi connectivity index (χ1v) is 5.26. The highest BCUT2D eigenvalue weighted by atomic mass is 35.5. The SMILES string of the molecule is CNCOc1cnn(-c2ccccc2Cl)c1. The number of para-hydroxylation sites is 1. The predicted octanol–water partition coefficient (Wildman–Crippen LogP) is 2.08. The van der Waals surface area contributed by atoms with Gasteiger partial charge in [-0.05, 0) is 19.2 Å². The number of hydrogen-bond donors (Lipinski definition) is 1. The summed E-state index contributed by atoms with van der Waals surface area (Å²) in [7, 11) is 1.82. The van der Waals surface area contributed by atoms with Crippen molar-refractivity contribution in [1.82, 2.24) is 15.1 Å². The zero-order chi connectivity index (χ0) is 11.4. The van der Waals surface area contributed by atoms with Crippen LogP contribution in [0.5, 0.6) is 5.75 Å². The Kier molecular flexibility index (Phi) is 3.44. The second-order valence-corrected chi connectivity index (χ2v) is 3.62. The Bertz CT molecular complexity index is 470. The summed E-state index contributed by atoms with van der Waals surface area (Å²) in [4.78, 5) is 0. The van der Waals surface area contributed by atoms with Crippen molar-refractivity contribution in [2.45, 2.75) is 0 Å². The van der Waals surface area contributed by atoms with Crippen molar-refractivity contribution in [3.8, 4) is 11.4 Å². The summed E-state index contributed by atoms with van der Waals surface area (Å²) in [5, 5.41) is 7.73. The van der Waals surface area contributed by atoms with E-state index in [-0.39, 0.29) is 0 Å². The lowest BCUT2D eigenvalue weighted by Crippen LogP contribution is -2.13. The van der Waals surface area contributed by atoms with Gasteiger partial charge in [-0.25, -0.2) is 4.68 Å². The van der Waals surface area contributed by atoms with E-state index in [1.165, 1.54) is 0 Å². The Morgan fingerprint density at radius 1 is 1.44 bits per heavy atom. The zero-order valence-corrected chi connectivity index (χ0v) is 9.61. The van der Waals surface area contributed by atoms with Crippen molar-refractivity contribution in [2.75, 3.05) is 13.8 Å². The van der Waals surface area contributed by atoms with Crippen LogP contribution in [0.15, 0.2) is 36.7 Å². The molecule has 0 radical (unpaired) electrons. The molecule has 0 unspecified atom stereocenters. The van der Waals surface area contributed by atoms with E-state index in [0.717, 1.165) is 5.69 Å². The number of aromatic nitrogens is 2. The van der Waals surface area contributed by atoms with Crippen LogP contribution in [0.25, 0.3) is 5.69 Å². The number of rotatable bonds is 4. The molecule has 1 aromatic heterocycles. The van der Waals surface area contributed by atoms with Crippen LogP contribution in [0.4, 0.5) is 0 Å². The normalized spacial score (nSPS) is 10.4. The summed E-state index contributed by atoms with van der Waals surface area (Å²) in [6.07, 6.45) is 3.44. The van der Waals surface area contributed by atoms with Crippen molar-refractivity contribution < 1.29 is 4.74 Å². The fourth-order valence-electron chi connectivity index (χ4n) is 1.31. The number of ether oxygens (including phenoxy) is 1. The first-order valence-electron chi connectivity index (χ1n) is 4.88. The average molecular weight is 238 g/mol. The molecule has 16 heavy (non-hydrogen) atoms. The highest BCUT2D eigenvalue weighted by Gasteiger charge is 2.04. The third-order valence-electron chi connectivity index (χ3n) is 2.04. The molecular weight excluding hydrogens is 226 g/mol. The molecule has 4 nitrogen and oxygen atoms in total. The van der Waals surface area contributed by atoms with Crippen LogP contribution < -0.4 is 10.1 Å². The van der Waals surface area contributed by atoms with Gasteiger partial charge in [0.05, 0.1) is 23.1 Å². The van der Waals surface area contributed by atoms with Gasteiger partial charge in [0.1, 0.15) is 6.73 Å². The van der Waals surface area contributed by atoms with E-state index < -0.39 is 0 Å². The van der Waals surface area contributed by atoms with Crippen molar-refractivity contribution in [3.05, 3.63) is 41.7 Å². The average Bonchev–Trinajstić information content (AvgIpc) is 2.75. The van der Waals surface area contributed by atoms with Gasteiger partial charge in [-0.15, -0.1) is 0 Å². The van der Waals surface area contributed by atoms with Gasteiger partial charge in [0, 0.05) is 0 Å². The van der Waals surface area contributed by atoms with Crippen LogP contribution in [-0.4, -0.2) is 23.6 Å². The van der Waals surface area contributed by atoms with Gasteiger partial charge in [0.25, 0.3) is 0 Å². The van der Waals surface area contributed by atoms with E-state index in [4.69, 9.17) is 16.3 Å². The second kappa shape index (κ2) is 5.01. The van der Waals surface area contributed by atoms with E-state index in [2.05, 4.69) is 10.4 Å². The molecule has 1 N–H and O–H groups in total. The van der Waals surface area contributed by atoms with E-state index in [1.54, 1.807) is 17.1 Å². The first kappa shape index (κ1) is 11.0. The Morgan fingerprint density at radius 2 is 2.25 bits per heavy atom. The third kappa shape index (κ3) is 2.35. The lowest BCUT2D eigenvalue weighted by molar-refractivity contribution is 0.296. The van der Waals surface area contributed by atoms with Crippen molar-refractivity contribution in [3.63, 3.8) is 0 Å². The maximum Gasteiger partial charge on any atom is 0.159 e. The molecule has 0 spiro atoms. The van der Waals surface area contributed by atoms with Crippen molar-refractivity contribution in [1.29, 1.82) is 0 Å². The fraction of sp³-hybridized carbons (Fsp3) is 0.182. The molecule has 1 heterocycles. The molecule has 2 aromatic rings. The largest absolute Gasteiger partial charge is 0.475 e. The zero-order valence-electron chi connectivity index (χ0n) is 8.85. The Morgan fingerprint density at radius 3 is 3.00 bits per heavy atom. The van der Waals surface area contributed by atoms with E-state index in [1.807, 2.05) is 31.3 Å². The molecule has 0 aliphatic carbocycles. The molecule has 0 saturated heterocycles. The maximum atomic E-state index is 6.06. The number of nitrogens with zero attached hydrogens (tertiary/aromatic N) is 2.